The van der Waals surface area contributed by atoms with Gasteiger partial charge in [-0.05, 0) is 13.0 Å². The summed E-state index contributed by atoms with van der Waals surface area (Å²) in [4.78, 5) is 11.4. The maximum Gasteiger partial charge on any atom is 0.433 e. The predicted octanol–water partition coefficient (Wildman–Crippen LogP) is 4.21. The minimum Gasteiger partial charge on any atom is -0.460 e. The molecule has 0 bridgehead atoms. The molecule has 1 atom stereocenters. The van der Waals surface area contributed by atoms with Crippen molar-refractivity contribution in [2.24, 2.45) is 0 Å². The molecule has 0 aliphatic carbocycles. The largest absolute Gasteiger partial charge is 0.460 e. The van der Waals surface area contributed by atoms with Crippen LogP contribution < -0.4 is 5.73 Å². The van der Waals surface area contributed by atoms with Crippen molar-refractivity contribution in [3.63, 3.8) is 0 Å². The van der Waals surface area contributed by atoms with Crippen LogP contribution in [0.15, 0.2) is 34.2 Å². The monoisotopic (exact) mass is 358 g/mol. The molecular formula is C14H10F4N4OS. The molecule has 5 nitrogen and oxygen atoms in total. The highest BCUT2D eigenvalue weighted by Crippen LogP contribution is 2.36. The molecule has 2 N–H and O–H groups in total. The Morgan fingerprint density at radius 2 is 2.00 bits per heavy atom. The van der Waals surface area contributed by atoms with Gasteiger partial charge in [0.05, 0.1) is 22.5 Å². The van der Waals surface area contributed by atoms with Crippen LogP contribution in [-0.4, -0.2) is 15.0 Å². The van der Waals surface area contributed by atoms with Crippen LogP contribution in [0.25, 0.3) is 11.0 Å². The third-order valence-electron chi connectivity index (χ3n) is 3.15. The molecule has 126 valence electrons. The topological polar surface area (TPSA) is 77.8 Å². The quantitative estimate of drug-likeness (QED) is 0.429. The molecule has 24 heavy (non-hydrogen) atoms. The molecule has 1 unspecified atom stereocenters. The van der Waals surface area contributed by atoms with Crippen LogP contribution in [0, 0.1) is 5.82 Å². The Hall–Kier alpha value is -2.36. The van der Waals surface area contributed by atoms with Crippen molar-refractivity contribution in [1.82, 2.24) is 15.0 Å². The van der Waals surface area contributed by atoms with Crippen LogP contribution in [0.2, 0.25) is 0 Å². The lowest BCUT2D eigenvalue weighted by atomic mass is 10.2. The van der Waals surface area contributed by atoms with Crippen molar-refractivity contribution >= 4 is 28.5 Å². The number of rotatable bonds is 3. The van der Waals surface area contributed by atoms with Crippen molar-refractivity contribution in [1.29, 1.82) is 0 Å². The first-order valence-corrected chi connectivity index (χ1v) is 7.53. The summed E-state index contributed by atoms with van der Waals surface area (Å²) in [5, 5.41) is -0.312. The number of fused-ring (bicyclic) bond motifs is 1. The fourth-order valence-corrected chi connectivity index (χ4v) is 2.88. The average Bonchev–Trinajstić information content (AvgIpc) is 2.86. The molecule has 0 aromatic carbocycles. The van der Waals surface area contributed by atoms with Gasteiger partial charge in [0.2, 0.25) is 0 Å². The van der Waals surface area contributed by atoms with Gasteiger partial charge in [-0.1, -0.05) is 11.8 Å². The Bertz CT molecular complexity index is 896. The summed E-state index contributed by atoms with van der Waals surface area (Å²) in [7, 11) is 0. The molecular weight excluding hydrogens is 348 g/mol. The maximum absolute atomic E-state index is 13.6. The maximum atomic E-state index is 13.6. The zero-order valence-electron chi connectivity index (χ0n) is 12.1. The third-order valence-corrected chi connectivity index (χ3v) is 4.14. The SMILES string of the molecule is CC(Sc1nc(N)cc(C(F)(F)F)n1)c1cc2c(F)coc2cn1. The summed E-state index contributed by atoms with van der Waals surface area (Å²) in [6, 6.07) is 2.14. The van der Waals surface area contributed by atoms with Gasteiger partial charge in [0.15, 0.2) is 22.3 Å². The highest BCUT2D eigenvalue weighted by molar-refractivity contribution is 7.99. The number of thioether (sulfide) groups is 1. The third kappa shape index (κ3) is 3.28. The van der Waals surface area contributed by atoms with Gasteiger partial charge in [0, 0.05) is 6.07 Å². The first-order chi connectivity index (χ1) is 11.2. The molecule has 0 saturated heterocycles. The van der Waals surface area contributed by atoms with Crippen LogP contribution in [0.4, 0.5) is 23.4 Å². The molecule has 0 amide bonds. The van der Waals surface area contributed by atoms with Crippen LogP contribution in [-0.2, 0) is 6.18 Å². The van der Waals surface area contributed by atoms with Crippen molar-refractivity contribution in [2.75, 3.05) is 5.73 Å². The number of furan rings is 1. The van der Waals surface area contributed by atoms with E-state index in [2.05, 4.69) is 15.0 Å². The molecule has 0 spiro atoms. The first-order valence-electron chi connectivity index (χ1n) is 6.65. The minimum atomic E-state index is -4.62. The van der Waals surface area contributed by atoms with Crippen LogP contribution in [0.3, 0.4) is 0 Å². The fourth-order valence-electron chi connectivity index (χ4n) is 2.00. The van der Waals surface area contributed by atoms with E-state index in [9.17, 15) is 17.6 Å². The molecule has 3 aromatic heterocycles. The van der Waals surface area contributed by atoms with Crippen molar-refractivity contribution < 1.29 is 22.0 Å². The van der Waals surface area contributed by atoms with Gasteiger partial charge in [0.25, 0.3) is 0 Å². The Labute approximate surface area is 137 Å². The van der Waals surface area contributed by atoms with E-state index < -0.39 is 22.9 Å². The van der Waals surface area contributed by atoms with Gasteiger partial charge in [-0.25, -0.2) is 14.4 Å². The van der Waals surface area contributed by atoms with E-state index in [1.165, 1.54) is 12.3 Å². The Morgan fingerprint density at radius 3 is 2.71 bits per heavy atom. The predicted molar refractivity (Wildman–Crippen MR) is 79.7 cm³/mol. The number of anilines is 1. The second-order valence-corrected chi connectivity index (χ2v) is 6.22. The van der Waals surface area contributed by atoms with E-state index in [1.54, 1.807) is 6.92 Å². The summed E-state index contributed by atoms with van der Waals surface area (Å²) < 4.78 is 56.8. The van der Waals surface area contributed by atoms with E-state index in [1.807, 2.05) is 0 Å². The molecule has 3 aromatic rings. The second kappa shape index (κ2) is 5.93. The van der Waals surface area contributed by atoms with E-state index in [-0.39, 0.29) is 21.9 Å². The van der Waals surface area contributed by atoms with Gasteiger partial charge in [-0.3, -0.25) is 4.98 Å². The minimum absolute atomic E-state index is 0.135. The van der Waals surface area contributed by atoms with Gasteiger partial charge in [0.1, 0.15) is 12.1 Å². The Balaban J connectivity index is 1.89. The lowest BCUT2D eigenvalue weighted by Crippen LogP contribution is -2.11. The number of nitrogen functional groups attached to an aromatic ring is 1. The van der Waals surface area contributed by atoms with Gasteiger partial charge < -0.3 is 10.2 Å². The van der Waals surface area contributed by atoms with Gasteiger partial charge in [-0.15, -0.1) is 0 Å². The van der Waals surface area contributed by atoms with E-state index in [4.69, 9.17) is 10.2 Å². The standard InChI is InChI=1S/C14H10F4N4OS/c1-6(9-2-7-8(15)5-23-10(7)4-20-9)24-13-21-11(14(16,17)18)3-12(19)22-13/h2-6H,1H3,(H2,19,21,22). The summed E-state index contributed by atoms with van der Waals surface area (Å²) in [5.41, 5.74) is 5.03. The summed E-state index contributed by atoms with van der Waals surface area (Å²) >= 11 is 0.940. The van der Waals surface area contributed by atoms with Crippen molar-refractivity contribution in [3.8, 4) is 0 Å². The van der Waals surface area contributed by atoms with Crippen LogP contribution >= 0.6 is 11.8 Å². The highest BCUT2D eigenvalue weighted by Gasteiger charge is 2.33. The number of pyridine rings is 1. The van der Waals surface area contributed by atoms with E-state index >= 15 is 0 Å². The fraction of sp³-hybridized carbons (Fsp3) is 0.214. The smallest absolute Gasteiger partial charge is 0.433 e. The number of alkyl halides is 3. The average molecular weight is 358 g/mol. The van der Waals surface area contributed by atoms with Crippen LogP contribution in [0.1, 0.15) is 23.6 Å². The number of aromatic nitrogens is 3. The normalized spacial score (nSPS) is 13.4. The van der Waals surface area contributed by atoms with Gasteiger partial charge >= 0.3 is 6.18 Å². The summed E-state index contributed by atoms with van der Waals surface area (Å²) in [6.45, 7) is 1.69. The highest BCUT2D eigenvalue weighted by atomic mass is 32.2. The summed E-state index contributed by atoms with van der Waals surface area (Å²) in [6.07, 6.45) is -2.30. The number of hydrogen-bond donors (Lipinski definition) is 1. The lowest BCUT2D eigenvalue weighted by Gasteiger charge is -2.12. The lowest BCUT2D eigenvalue weighted by molar-refractivity contribution is -0.141. The molecule has 3 heterocycles. The molecule has 0 saturated carbocycles. The Kier molecular flexibility index (Phi) is 4.08. The zero-order valence-corrected chi connectivity index (χ0v) is 13.0. The van der Waals surface area contributed by atoms with Crippen molar-refractivity contribution in [3.05, 3.63) is 41.8 Å². The van der Waals surface area contributed by atoms with E-state index in [0.717, 1.165) is 18.0 Å². The van der Waals surface area contributed by atoms with Gasteiger partial charge in [-0.2, -0.15) is 13.2 Å². The van der Waals surface area contributed by atoms with Crippen molar-refractivity contribution in [2.45, 2.75) is 23.5 Å². The molecule has 10 heteroatoms. The Morgan fingerprint density at radius 1 is 1.25 bits per heavy atom. The molecule has 3 rings (SSSR count). The number of nitrogens with two attached hydrogens (primary N) is 1. The molecule has 0 aliphatic heterocycles. The molecule has 0 fully saturated rings. The summed E-state index contributed by atoms with van der Waals surface area (Å²) in [5.74, 6) is -0.818. The zero-order chi connectivity index (χ0) is 17.5. The molecule has 0 radical (unpaired) electrons. The number of halogens is 4. The first kappa shape index (κ1) is 16.5. The number of hydrogen-bond acceptors (Lipinski definition) is 6. The number of nitrogens with zero attached hydrogens (tertiary/aromatic N) is 3. The van der Waals surface area contributed by atoms with E-state index in [0.29, 0.717) is 11.8 Å². The molecule has 0 aliphatic rings. The second-order valence-electron chi connectivity index (χ2n) is 4.91. The van der Waals surface area contributed by atoms with Crippen LogP contribution in [0.5, 0.6) is 0 Å².